The fraction of sp³-hybridized carbons (Fsp3) is 0.235. The van der Waals surface area contributed by atoms with Crippen LogP contribution < -0.4 is 0 Å². The molecule has 0 unspecified atom stereocenters. The van der Waals surface area contributed by atoms with E-state index in [1.165, 1.54) is 46.8 Å². The molecule has 1 aliphatic rings. The average Bonchev–Trinajstić information content (AvgIpc) is 2.64. The number of amides is 1. The molecule has 0 spiro atoms. The molecule has 1 heterocycles. The lowest BCUT2D eigenvalue weighted by atomic mass is 10.2. The summed E-state index contributed by atoms with van der Waals surface area (Å²) >= 11 is 11.8. The molecule has 6 nitrogen and oxygen atoms in total. The molecule has 0 aliphatic carbocycles. The van der Waals surface area contributed by atoms with Crippen molar-refractivity contribution in [2.75, 3.05) is 26.2 Å². The summed E-state index contributed by atoms with van der Waals surface area (Å²) in [7, 11) is -3.70. The molecule has 1 saturated heterocycles. The topological polar surface area (TPSA) is 77.9 Å². The minimum atomic E-state index is -3.70. The number of carbonyl (C=O) groups excluding carboxylic acids is 1. The van der Waals surface area contributed by atoms with Gasteiger partial charge in [-0.15, -0.1) is 0 Å². The summed E-state index contributed by atoms with van der Waals surface area (Å²) in [5.41, 5.74) is 0.448. The Morgan fingerprint density at radius 3 is 2.12 bits per heavy atom. The molecule has 138 valence electrons. The Balaban J connectivity index is 1.70. The molecule has 9 heteroatoms. The van der Waals surface area contributed by atoms with Crippen LogP contribution in [0.3, 0.4) is 0 Å². The lowest BCUT2D eigenvalue weighted by molar-refractivity contribution is 0.0698. The van der Waals surface area contributed by atoms with Gasteiger partial charge in [-0.3, -0.25) is 4.79 Å². The van der Waals surface area contributed by atoms with Crippen molar-refractivity contribution in [2.24, 2.45) is 0 Å². The second-order valence-corrected chi connectivity index (χ2v) is 8.57. The third-order valence-electron chi connectivity index (χ3n) is 4.17. The Hall–Kier alpha value is -1.80. The lowest BCUT2D eigenvalue weighted by Gasteiger charge is -2.34. The summed E-state index contributed by atoms with van der Waals surface area (Å²) in [6, 6.07) is 10.1. The van der Waals surface area contributed by atoms with Crippen LogP contribution in [0.1, 0.15) is 10.4 Å². The standard InChI is InChI=1S/C17H16Cl2N2O4S/c18-15-6-5-14(11-16(15)19)26(24,25)21-9-7-20(8-10-21)17(23)12-1-3-13(22)4-2-12/h1-6,11,22H,7-10H2. The number of carbonyl (C=O) groups is 1. The first-order valence-corrected chi connectivity index (χ1v) is 10.0. The number of hydrogen-bond donors (Lipinski definition) is 1. The molecule has 2 aromatic rings. The smallest absolute Gasteiger partial charge is 0.253 e. The number of halogens is 2. The van der Waals surface area contributed by atoms with E-state index in [-0.39, 0.29) is 52.8 Å². The summed E-state index contributed by atoms with van der Waals surface area (Å²) < 4.78 is 26.8. The van der Waals surface area contributed by atoms with Crippen LogP contribution in [0, 0.1) is 0 Å². The van der Waals surface area contributed by atoms with Crippen molar-refractivity contribution in [2.45, 2.75) is 4.90 Å². The van der Waals surface area contributed by atoms with Crippen molar-refractivity contribution >= 4 is 39.1 Å². The van der Waals surface area contributed by atoms with Crippen LogP contribution in [0.4, 0.5) is 0 Å². The summed E-state index contributed by atoms with van der Waals surface area (Å²) in [4.78, 5) is 14.1. The molecule has 1 fully saturated rings. The first-order chi connectivity index (χ1) is 12.3. The van der Waals surface area contributed by atoms with Crippen molar-refractivity contribution < 1.29 is 18.3 Å². The SMILES string of the molecule is O=C(c1ccc(O)cc1)N1CCN(S(=O)(=O)c2ccc(Cl)c(Cl)c2)CC1. The zero-order valence-corrected chi connectivity index (χ0v) is 15.9. The highest BCUT2D eigenvalue weighted by Gasteiger charge is 2.30. The maximum Gasteiger partial charge on any atom is 0.253 e. The van der Waals surface area contributed by atoms with E-state index in [0.29, 0.717) is 5.56 Å². The van der Waals surface area contributed by atoms with Gasteiger partial charge in [0, 0.05) is 31.7 Å². The van der Waals surface area contributed by atoms with Gasteiger partial charge in [0.15, 0.2) is 0 Å². The Morgan fingerprint density at radius 2 is 1.54 bits per heavy atom. The highest BCUT2D eigenvalue weighted by Crippen LogP contribution is 2.27. The normalized spacial score (nSPS) is 15.8. The maximum absolute atomic E-state index is 12.7. The first-order valence-electron chi connectivity index (χ1n) is 7.82. The number of piperazine rings is 1. The van der Waals surface area contributed by atoms with Crippen LogP contribution in [-0.2, 0) is 10.0 Å². The van der Waals surface area contributed by atoms with Crippen molar-refractivity contribution in [3.05, 3.63) is 58.1 Å². The number of rotatable bonds is 3. The lowest BCUT2D eigenvalue weighted by Crippen LogP contribution is -2.50. The van der Waals surface area contributed by atoms with Crippen LogP contribution in [0.25, 0.3) is 0 Å². The highest BCUT2D eigenvalue weighted by atomic mass is 35.5. The van der Waals surface area contributed by atoms with Gasteiger partial charge >= 0.3 is 0 Å². The van der Waals surface area contributed by atoms with E-state index in [4.69, 9.17) is 23.2 Å². The molecule has 1 N–H and O–H groups in total. The van der Waals surface area contributed by atoms with Crippen molar-refractivity contribution in [3.63, 3.8) is 0 Å². The van der Waals surface area contributed by atoms with E-state index in [0.717, 1.165) is 0 Å². The zero-order chi connectivity index (χ0) is 18.9. The van der Waals surface area contributed by atoms with E-state index in [9.17, 15) is 18.3 Å². The largest absolute Gasteiger partial charge is 0.508 e. The predicted molar refractivity (Wildman–Crippen MR) is 99.2 cm³/mol. The Kier molecular flexibility index (Phi) is 5.43. The fourth-order valence-corrected chi connectivity index (χ4v) is 4.52. The van der Waals surface area contributed by atoms with Gasteiger partial charge in [0.1, 0.15) is 5.75 Å². The van der Waals surface area contributed by atoms with Crippen LogP contribution >= 0.6 is 23.2 Å². The second kappa shape index (κ2) is 7.44. The third kappa shape index (κ3) is 3.81. The number of phenolic OH excluding ortho intramolecular Hbond substituents is 1. The highest BCUT2D eigenvalue weighted by molar-refractivity contribution is 7.89. The molecular weight excluding hydrogens is 399 g/mol. The van der Waals surface area contributed by atoms with E-state index < -0.39 is 10.0 Å². The molecule has 1 aliphatic heterocycles. The number of aromatic hydroxyl groups is 1. The number of benzene rings is 2. The number of hydrogen-bond acceptors (Lipinski definition) is 4. The molecule has 26 heavy (non-hydrogen) atoms. The van der Waals surface area contributed by atoms with E-state index in [2.05, 4.69) is 0 Å². The van der Waals surface area contributed by atoms with Crippen molar-refractivity contribution in [3.8, 4) is 5.75 Å². The van der Waals surface area contributed by atoms with E-state index in [1.54, 1.807) is 4.90 Å². The first kappa shape index (κ1) is 19.0. The van der Waals surface area contributed by atoms with Crippen LogP contribution in [-0.4, -0.2) is 54.8 Å². The summed E-state index contributed by atoms with van der Waals surface area (Å²) in [6.07, 6.45) is 0. The Morgan fingerprint density at radius 1 is 0.923 bits per heavy atom. The monoisotopic (exact) mass is 414 g/mol. The number of phenols is 1. The molecular formula is C17H16Cl2N2O4S. The Bertz CT molecular complexity index is 924. The minimum Gasteiger partial charge on any atom is -0.508 e. The number of nitrogens with zero attached hydrogens (tertiary/aromatic N) is 2. The maximum atomic E-state index is 12.7. The van der Waals surface area contributed by atoms with Crippen LogP contribution in [0.5, 0.6) is 5.75 Å². The van der Waals surface area contributed by atoms with Gasteiger partial charge in [0.05, 0.1) is 14.9 Å². The second-order valence-electron chi connectivity index (χ2n) is 5.82. The molecule has 3 rings (SSSR count). The zero-order valence-electron chi connectivity index (χ0n) is 13.6. The van der Waals surface area contributed by atoms with E-state index >= 15 is 0 Å². The number of sulfonamides is 1. The fourth-order valence-electron chi connectivity index (χ4n) is 2.70. The van der Waals surface area contributed by atoms with Gasteiger partial charge in [-0.1, -0.05) is 23.2 Å². The predicted octanol–water partition coefficient (Wildman–Crippen LogP) is 2.85. The van der Waals surface area contributed by atoms with Gasteiger partial charge in [0.2, 0.25) is 10.0 Å². The molecule has 1 amide bonds. The van der Waals surface area contributed by atoms with Crippen LogP contribution in [0.2, 0.25) is 10.0 Å². The Labute approximate surface area is 161 Å². The van der Waals surface area contributed by atoms with Gasteiger partial charge in [0.25, 0.3) is 5.91 Å². The van der Waals surface area contributed by atoms with Gasteiger partial charge in [-0.25, -0.2) is 8.42 Å². The summed E-state index contributed by atoms with van der Waals surface area (Å²) in [5.74, 6) is -0.115. The van der Waals surface area contributed by atoms with Crippen molar-refractivity contribution in [1.29, 1.82) is 0 Å². The molecule has 0 saturated carbocycles. The molecule has 0 radical (unpaired) electrons. The summed E-state index contributed by atoms with van der Waals surface area (Å²) in [6.45, 7) is 0.930. The third-order valence-corrected chi connectivity index (χ3v) is 6.80. The molecule has 0 bridgehead atoms. The quantitative estimate of drug-likeness (QED) is 0.837. The van der Waals surface area contributed by atoms with Gasteiger partial charge in [-0.05, 0) is 42.5 Å². The van der Waals surface area contributed by atoms with Gasteiger partial charge in [-0.2, -0.15) is 4.31 Å². The molecule has 2 aromatic carbocycles. The summed E-state index contributed by atoms with van der Waals surface area (Å²) in [5, 5.41) is 9.76. The van der Waals surface area contributed by atoms with E-state index in [1.807, 2.05) is 0 Å². The van der Waals surface area contributed by atoms with Crippen molar-refractivity contribution in [1.82, 2.24) is 9.21 Å². The van der Waals surface area contributed by atoms with Crippen LogP contribution in [0.15, 0.2) is 47.4 Å². The molecule has 0 aromatic heterocycles. The minimum absolute atomic E-state index is 0.0743. The van der Waals surface area contributed by atoms with Gasteiger partial charge < -0.3 is 10.0 Å². The molecule has 0 atom stereocenters. The average molecular weight is 415 g/mol.